The SMILES string of the molecule is CC(C)c1nc(SCC(=O)Nc2ccc(S(=O)(=O)N3CCCCC3)cc2)n[nH]1. The highest BCUT2D eigenvalue weighted by atomic mass is 32.2. The zero-order valence-corrected chi connectivity index (χ0v) is 17.6. The number of H-pyrrole nitrogens is 1. The Morgan fingerprint density at radius 3 is 2.50 bits per heavy atom. The highest BCUT2D eigenvalue weighted by Crippen LogP contribution is 2.22. The second-order valence-corrected chi connectivity index (χ2v) is 9.86. The van der Waals surface area contributed by atoms with E-state index in [1.807, 2.05) is 13.8 Å². The lowest BCUT2D eigenvalue weighted by molar-refractivity contribution is -0.113. The molecule has 8 nitrogen and oxygen atoms in total. The van der Waals surface area contributed by atoms with Crippen LogP contribution in [0.1, 0.15) is 44.9 Å². The molecule has 1 aromatic carbocycles. The van der Waals surface area contributed by atoms with Crippen molar-refractivity contribution < 1.29 is 13.2 Å². The Kier molecular flexibility index (Phi) is 6.73. The molecule has 152 valence electrons. The third-order valence-corrected chi connectivity index (χ3v) is 7.21. The molecule has 2 heterocycles. The van der Waals surface area contributed by atoms with Crippen molar-refractivity contribution in [3.05, 3.63) is 30.1 Å². The van der Waals surface area contributed by atoms with Crippen LogP contribution in [-0.4, -0.2) is 52.7 Å². The average Bonchev–Trinajstić information content (AvgIpc) is 3.17. The Bertz CT molecular complexity index is 904. The van der Waals surface area contributed by atoms with Gasteiger partial charge in [0.1, 0.15) is 5.82 Å². The smallest absolute Gasteiger partial charge is 0.243 e. The Balaban J connectivity index is 1.55. The number of rotatable bonds is 7. The van der Waals surface area contributed by atoms with Gasteiger partial charge in [0, 0.05) is 24.7 Å². The van der Waals surface area contributed by atoms with E-state index in [0.717, 1.165) is 25.1 Å². The summed E-state index contributed by atoms with van der Waals surface area (Å²) < 4.78 is 26.8. The molecule has 0 saturated carbocycles. The van der Waals surface area contributed by atoms with Crippen LogP contribution in [0.4, 0.5) is 5.69 Å². The van der Waals surface area contributed by atoms with Gasteiger partial charge in [-0.2, -0.15) is 4.31 Å². The molecule has 10 heteroatoms. The van der Waals surface area contributed by atoms with E-state index in [9.17, 15) is 13.2 Å². The normalized spacial score (nSPS) is 15.7. The maximum absolute atomic E-state index is 12.6. The van der Waals surface area contributed by atoms with Crippen LogP contribution >= 0.6 is 11.8 Å². The van der Waals surface area contributed by atoms with Crippen molar-refractivity contribution >= 4 is 33.4 Å². The van der Waals surface area contributed by atoms with E-state index in [1.165, 1.54) is 28.2 Å². The van der Waals surface area contributed by atoms with Gasteiger partial charge in [-0.1, -0.05) is 32.0 Å². The van der Waals surface area contributed by atoms with Crippen molar-refractivity contribution in [1.82, 2.24) is 19.5 Å². The molecule has 0 bridgehead atoms. The number of aromatic amines is 1. The minimum atomic E-state index is -3.46. The van der Waals surface area contributed by atoms with Crippen molar-refractivity contribution in [2.75, 3.05) is 24.2 Å². The lowest BCUT2D eigenvalue weighted by Gasteiger charge is -2.25. The summed E-state index contributed by atoms with van der Waals surface area (Å²) in [5.41, 5.74) is 0.557. The number of benzene rings is 1. The summed E-state index contributed by atoms with van der Waals surface area (Å²) in [5, 5.41) is 10.2. The maximum Gasteiger partial charge on any atom is 0.243 e. The minimum Gasteiger partial charge on any atom is -0.325 e. The Hall–Kier alpha value is -1.91. The van der Waals surface area contributed by atoms with Crippen LogP contribution in [0.5, 0.6) is 0 Å². The van der Waals surface area contributed by atoms with E-state index in [2.05, 4.69) is 20.5 Å². The predicted molar refractivity (Wildman–Crippen MR) is 109 cm³/mol. The van der Waals surface area contributed by atoms with Crippen LogP contribution < -0.4 is 5.32 Å². The molecule has 1 amide bonds. The maximum atomic E-state index is 12.6. The molecule has 28 heavy (non-hydrogen) atoms. The first-order valence-corrected chi connectivity index (χ1v) is 11.7. The van der Waals surface area contributed by atoms with Crippen molar-refractivity contribution in [1.29, 1.82) is 0 Å². The molecule has 0 atom stereocenters. The number of carbonyl (C=O) groups excluding carboxylic acids is 1. The van der Waals surface area contributed by atoms with E-state index in [1.54, 1.807) is 12.1 Å². The van der Waals surface area contributed by atoms with Gasteiger partial charge in [0.25, 0.3) is 0 Å². The van der Waals surface area contributed by atoms with Gasteiger partial charge in [-0.05, 0) is 37.1 Å². The van der Waals surface area contributed by atoms with Crippen molar-refractivity contribution in [3.63, 3.8) is 0 Å². The Morgan fingerprint density at radius 1 is 1.21 bits per heavy atom. The molecule has 1 aliphatic heterocycles. The third kappa shape index (κ3) is 5.12. The molecule has 0 spiro atoms. The highest BCUT2D eigenvalue weighted by molar-refractivity contribution is 7.99. The summed E-state index contributed by atoms with van der Waals surface area (Å²) in [4.78, 5) is 16.7. The molecule has 1 saturated heterocycles. The summed E-state index contributed by atoms with van der Waals surface area (Å²) in [7, 11) is -3.46. The molecule has 1 aromatic heterocycles. The van der Waals surface area contributed by atoms with Gasteiger partial charge >= 0.3 is 0 Å². The summed E-state index contributed by atoms with van der Waals surface area (Å²) in [6.45, 7) is 5.16. The first kappa shape index (κ1) is 20.8. The number of sulfonamides is 1. The fourth-order valence-electron chi connectivity index (χ4n) is 2.87. The van der Waals surface area contributed by atoms with Gasteiger partial charge in [0.05, 0.1) is 10.6 Å². The molecule has 2 N–H and O–H groups in total. The summed E-state index contributed by atoms with van der Waals surface area (Å²) >= 11 is 1.24. The second kappa shape index (κ2) is 9.06. The number of hydrogen-bond donors (Lipinski definition) is 2. The number of amides is 1. The molecule has 3 rings (SSSR count). The molecule has 1 aliphatic rings. The second-order valence-electron chi connectivity index (χ2n) is 6.98. The zero-order valence-electron chi connectivity index (χ0n) is 16.0. The van der Waals surface area contributed by atoms with Crippen LogP contribution in [0, 0.1) is 0 Å². The van der Waals surface area contributed by atoms with Gasteiger partial charge in [0.2, 0.25) is 21.1 Å². The van der Waals surface area contributed by atoms with Crippen molar-refractivity contribution in [2.24, 2.45) is 0 Å². The molecular formula is C18H25N5O3S2. The third-order valence-electron chi connectivity index (χ3n) is 4.45. The molecule has 1 fully saturated rings. The average molecular weight is 424 g/mol. The quantitative estimate of drug-likeness (QED) is 0.663. The molecule has 0 radical (unpaired) electrons. The van der Waals surface area contributed by atoms with Crippen LogP contribution in [0.2, 0.25) is 0 Å². The highest BCUT2D eigenvalue weighted by Gasteiger charge is 2.25. The first-order chi connectivity index (χ1) is 13.4. The Morgan fingerprint density at radius 2 is 1.89 bits per heavy atom. The number of nitrogens with one attached hydrogen (secondary N) is 2. The van der Waals surface area contributed by atoms with Gasteiger partial charge in [-0.25, -0.2) is 13.4 Å². The fourth-order valence-corrected chi connectivity index (χ4v) is 5.00. The van der Waals surface area contributed by atoms with E-state index in [-0.39, 0.29) is 22.5 Å². The topological polar surface area (TPSA) is 108 Å². The zero-order chi connectivity index (χ0) is 20.1. The number of hydrogen-bond acceptors (Lipinski definition) is 6. The number of carbonyl (C=O) groups is 1. The van der Waals surface area contributed by atoms with Crippen LogP contribution in [0.25, 0.3) is 0 Å². The van der Waals surface area contributed by atoms with E-state index >= 15 is 0 Å². The summed E-state index contributed by atoms with van der Waals surface area (Å²) in [6.07, 6.45) is 2.87. The standard InChI is InChI=1S/C18H25N5O3S2/c1-13(2)17-20-18(22-21-17)27-12-16(24)19-14-6-8-15(9-7-14)28(25,26)23-10-4-3-5-11-23/h6-9,13H,3-5,10-12H2,1-2H3,(H,19,24)(H,20,21,22). The van der Waals surface area contributed by atoms with E-state index in [4.69, 9.17) is 0 Å². The Labute approximate surface area is 169 Å². The fraction of sp³-hybridized carbons (Fsp3) is 0.500. The lowest BCUT2D eigenvalue weighted by Crippen LogP contribution is -2.35. The summed E-state index contributed by atoms with van der Waals surface area (Å²) in [5.74, 6) is 1.000. The van der Waals surface area contributed by atoms with Crippen molar-refractivity contribution in [3.8, 4) is 0 Å². The molecular weight excluding hydrogens is 398 g/mol. The number of anilines is 1. The van der Waals surface area contributed by atoms with Crippen LogP contribution in [0.15, 0.2) is 34.3 Å². The number of piperidine rings is 1. The van der Waals surface area contributed by atoms with E-state index < -0.39 is 10.0 Å². The van der Waals surface area contributed by atoms with Gasteiger partial charge in [0.15, 0.2) is 0 Å². The molecule has 0 unspecified atom stereocenters. The molecule has 2 aromatic rings. The largest absolute Gasteiger partial charge is 0.325 e. The lowest BCUT2D eigenvalue weighted by atomic mass is 10.2. The van der Waals surface area contributed by atoms with Crippen molar-refractivity contribution in [2.45, 2.75) is 49.1 Å². The van der Waals surface area contributed by atoms with Crippen LogP contribution in [0.3, 0.4) is 0 Å². The van der Waals surface area contributed by atoms with Gasteiger partial charge < -0.3 is 5.32 Å². The summed E-state index contributed by atoms with van der Waals surface area (Å²) in [6, 6.07) is 6.31. The van der Waals surface area contributed by atoms with Crippen LogP contribution in [-0.2, 0) is 14.8 Å². The number of aromatic nitrogens is 3. The number of thioether (sulfide) groups is 1. The monoisotopic (exact) mass is 423 g/mol. The van der Waals surface area contributed by atoms with E-state index in [0.29, 0.717) is 23.9 Å². The predicted octanol–water partition coefficient (Wildman–Crippen LogP) is 2.83. The number of nitrogens with zero attached hydrogens (tertiary/aromatic N) is 3. The van der Waals surface area contributed by atoms with Gasteiger partial charge in [-0.15, -0.1) is 5.10 Å². The minimum absolute atomic E-state index is 0.170. The first-order valence-electron chi connectivity index (χ1n) is 9.31. The molecule has 0 aliphatic carbocycles. The van der Waals surface area contributed by atoms with Gasteiger partial charge in [-0.3, -0.25) is 9.89 Å².